The van der Waals surface area contributed by atoms with E-state index in [1.165, 1.54) is 0 Å². The number of aromatic carboxylic acids is 1. The normalized spacial score (nSPS) is 14.2. The van der Waals surface area contributed by atoms with Crippen LogP contribution in [-0.4, -0.2) is 38.9 Å². The molecule has 8 nitrogen and oxygen atoms in total. The summed E-state index contributed by atoms with van der Waals surface area (Å²) in [5.74, 6) is -2.33. The quantitative estimate of drug-likeness (QED) is 0.535. The van der Waals surface area contributed by atoms with Gasteiger partial charge in [0, 0.05) is 11.1 Å². The molecule has 1 aromatic carbocycles. The van der Waals surface area contributed by atoms with E-state index >= 15 is 0 Å². The predicted molar refractivity (Wildman–Crippen MR) is 106 cm³/mol. The Kier molecular flexibility index (Phi) is 5.65. The minimum atomic E-state index is -5.10. The predicted octanol–water partition coefficient (Wildman–Crippen LogP) is 3.97. The second-order valence-electron chi connectivity index (χ2n) is 7.20. The molecule has 174 valence electrons. The van der Waals surface area contributed by atoms with E-state index in [9.17, 15) is 30.8 Å². The van der Waals surface area contributed by atoms with E-state index in [0.717, 1.165) is 18.2 Å². The molecule has 0 aliphatic heterocycles. The van der Waals surface area contributed by atoms with Crippen LogP contribution in [0.2, 0.25) is 5.15 Å². The van der Waals surface area contributed by atoms with Gasteiger partial charge < -0.3 is 5.11 Å². The number of benzene rings is 1. The van der Waals surface area contributed by atoms with Crippen molar-refractivity contribution in [3.63, 3.8) is 0 Å². The van der Waals surface area contributed by atoms with Crippen LogP contribution in [0.4, 0.5) is 17.6 Å². The molecular weight excluding hydrogens is 492 g/mol. The maximum Gasteiger partial charge on any atom is 0.419 e. The molecule has 0 saturated carbocycles. The van der Waals surface area contributed by atoms with Crippen molar-refractivity contribution in [2.75, 3.05) is 0 Å². The highest BCUT2D eigenvalue weighted by Gasteiger charge is 2.42. The Hall–Kier alpha value is -3.06. The van der Waals surface area contributed by atoms with Gasteiger partial charge in [0.2, 0.25) is 0 Å². The van der Waals surface area contributed by atoms with Gasteiger partial charge >= 0.3 is 12.1 Å². The van der Waals surface area contributed by atoms with Gasteiger partial charge in [0.25, 0.3) is 10.0 Å². The van der Waals surface area contributed by atoms with E-state index in [2.05, 4.69) is 15.3 Å². The second kappa shape index (κ2) is 8.06. The molecule has 0 radical (unpaired) electrons. The minimum Gasteiger partial charge on any atom is -0.478 e. The average Bonchev–Trinajstić information content (AvgIpc) is 3.13. The lowest BCUT2D eigenvalue weighted by atomic mass is 9.93. The van der Waals surface area contributed by atoms with Gasteiger partial charge in [-0.05, 0) is 43.9 Å². The zero-order valence-electron chi connectivity index (χ0n) is 16.4. The Morgan fingerprint density at radius 1 is 1.18 bits per heavy atom. The first-order chi connectivity index (χ1) is 15.4. The number of hydrogen-bond acceptors (Lipinski definition) is 6. The summed E-state index contributed by atoms with van der Waals surface area (Å²) in [6.07, 6.45) is -3.24. The highest BCUT2D eigenvalue weighted by atomic mass is 35.5. The first-order valence-corrected chi connectivity index (χ1v) is 11.2. The van der Waals surface area contributed by atoms with Crippen molar-refractivity contribution in [1.29, 1.82) is 0 Å². The zero-order valence-corrected chi connectivity index (χ0v) is 18.0. The van der Waals surface area contributed by atoms with Gasteiger partial charge in [0.05, 0.1) is 28.7 Å². The summed E-state index contributed by atoms with van der Waals surface area (Å²) in [4.78, 5) is 9.78. The van der Waals surface area contributed by atoms with E-state index in [-0.39, 0.29) is 35.1 Å². The van der Waals surface area contributed by atoms with Crippen molar-refractivity contribution in [3.05, 3.63) is 57.8 Å². The number of aromatic nitrogens is 4. The van der Waals surface area contributed by atoms with Crippen LogP contribution in [0.25, 0.3) is 11.3 Å². The monoisotopic (exact) mass is 504 g/mol. The first-order valence-electron chi connectivity index (χ1n) is 9.41. The van der Waals surface area contributed by atoms with Crippen LogP contribution in [0.15, 0.2) is 29.3 Å². The highest BCUT2D eigenvalue weighted by Crippen LogP contribution is 2.39. The Morgan fingerprint density at radius 3 is 2.52 bits per heavy atom. The molecule has 1 aliphatic carbocycles. The number of hydrogen-bond donors (Lipinski definition) is 1. The molecule has 3 aromatic rings. The number of halogens is 5. The van der Waals surface area contributed by atoms with Gasteiger partial charge in [0.15, 0.2) is 5.15 Å². The Bertz CT molecular complexity index is 1390. The van der Waals surface area contributed by atoms with Gasteiger partial charge in [-0.3, -0.25) is 0 Å². The third-order valence-corrected chi connectivity index (χ3v) is 7.24. The average molecular weight is 505 g/mol. The number of carboxylic acid groups (broad SMARTS) is 1. The summed E-state index contributed by atoms with van der Waals surface area (Å²) in [6.45, 7) is 0. The highest BCUT2D eigenvalue weighted by molar-refractivity contribution is 7.90. The molecule has 0 bridgehead atoms. The molecule has 0 spiro atoms. The SMILES string of the molecule is O=C(O)c1ccc(-c2nn(S(=O)(=O)c3c(C(F)(F)F)cnnc3Cl)c3c2CCCC3)c(F)c1. The molecule has 14 heteroatoms. The topological polar surface area (TPSA) is 115 Å². The Morgan fingerprint density at radius 2 is 1.88 bits per heavy atom. The first kappa shape index (κ1) is 23.1. The molecular formula is C19H13ClF4N4O4S. The van der Waals surface area contributed by atoms with Gasteiger partial charge in [0.1, 0.15) is 10.7 Å². The summed E-state index contributed by atoms with van der Waals surface area (Å²) in [5, 5.41) is 18.4. The largest absolute Gasteiger partial charge is 0.478 e. The maximum atomic E-state index is 14.7. The fourth-order valence-corrected chi connectivity index (χ4v) is 5.70. The summed E-state index contributed by atoms with van der Waals surface area (Å²) in [6, 6.07) is 3.01. The standard InChI is InChI=1S/C19H13ClF4N4O4S/c20-17-16(12(8-25-26-17)19(22,23)24)33(31,32)28-14-4-2-1-3-11(14)15(27-28)10-6-5-9(18(29)30)7-13(10)21/h5-8H,1-4H2,(H,29,30). The van der Waals surface area contributed by atoms with Gasteiger partial charge in [-0.1, -0.05) is 11.6 Å². The zero-order chi connectivity index (χ0) is 24.1. The molecule has 33 heavy (non-hydrogen) atoms. The third-order valence-electron chi connectivity index (χ3n) is 5.17. The molecule has 0 amide bonds. The summed E-state index contributed by atoms with van der Waals surface area (Å²) in [7, 11) is -5.01. The molecule has 0 fully saturated rings. The van der Waals surface area contributed by atoms with Crippen molar-refractivity contribution in [3.8, 4) is 11.3 Å². The van der Waals surface area contributed by atoms with Gasteiger partial charge in [-0.2, -0.15) is 35.9 Å². The van der Waals surface area contributed by atoms with Crippen molar-refractivity contribution < 1.29 is 35.9 Å². The second-order valence-corrected chi connectivity index (χ2v) is 9.27. The number of carbonyl (C=O) groups is 1. The maximum absolute atomic E-state index is 14.7. The molecule has 2 aromatic heterocycles. The summed E-state index contributed by atoms with van der Waals surface area (Å²) >= 11 is 5.74. The number of alkyl halides is 3. The Labute approximate surface area is 188 Å². The van der Waals surface area contributed by atoms with Crippen LogP contribution < -0.4 is 0 Å². The van der Waals surface area contributed by atoms with E-state index in [1.807, 2.05) is 0 Å². The lowest BCUT2D eigenvalue weighted by Gasteiger charge is -2.17. The van der Waals surface area contributed by atoms with E-state index in [1.54, 1.807) is 0 Å². The van der Waals surface area contributed by atoms with Crippen molar-refractivity contribution in [1.82, 2.24) is 19.4 Å². The third kappa shape index (κ3) is 3.95. The number of rotatable bonds is 4. The number of fused-ring (bicyclic) bond motifs is 1. The van der Waals surface area contributed by atoms with E-state index in [0.29, 0.717) is 28.9 Å². The van der Waals surface area contributed by atoms with Crippen LogP contribution in [0.1, 0.15) is 40.0 Å². The van der Waals surface area contributed by atoms with Crippen LogP contribution in [0.5, 0.6) is 0 Å². The van der Waals surface area contributed by atoms with Crippen molar-refractivity contribution >= 4 is 27.6 Å². The van der Waals surface area contributed by atoms with Crippen LogP contribution >= 0.6 is 11.6 Å². The van der Waals surface area contributed by atoms with Gasteiger partial charge in [-0.15, -0.1) is 5.10 Å². The summed E-state index contributed by atoms with van der Waals surface area (Å²) in [5.41, 5.74) is -1.78. The fourth-order valence-electron chi connectivity index (χ4n) is 3.71. The van der Waals surface area contributed by atoms with E-state index < -0.39 is 43.6 Å². The van der Waals surface area contributed by atoms with Crippen molar-refractivity contribution in [2.24, 2.45) is 0 Å². The summed E-state index contributed by atoms with van der Waals surface area (Å²) < 4.78 is 82.4. The van der Waals surface area contributed by atoms with Crippen molar-refractivity contribution in [2.45, 2.75) is 36.8 Å². The van der Waals surface area contributed by atoms with Crippen LogP contribution in [-0.2, 0) is 29.0 Å². The smallest absolute Gasteiger partial charge is 0.419 e. The minimum absolute atomic E-state index is 0.0963. The molecule has 2 heterocycles. The molecule has 1 N–H and O–H groups in total. The molecule has 0 atom stereocenters. The Balaban J connectivity index is 1.97. The van der Waals surface area contributed by atoms with Gasteiger partial charge in [-0.25, -0.2) is 9.18 Å². The molecule has 4 rings (SSSR count). The number of nitrogens with zero attached hydrogens (tertiary/aromatic N) is 4. The lowest BCUT2D eigenvalue weighted by Crippen LogP contribution is -2.23. The lowest BCUT2D eigenvalue weighted by molar-refractivity contribution is -0.140. The van der Waals surface area contributed by atoms with Crippen LogP contribution in [0.3, 0.4) is 0 Å². The van der Waals surface area contributed by atoms with E-state index in [4.69, 9.17) is 16.7 Å². The number of carboxylic acids is 1. The molecule has 1 aliphatic rings. The molecule has 0 unspecified atom stereocenters. The fraction of sp³-hybridized carbons (Fsp3) is 0.263. The van der Waals surface area contributed by atoms with Crippen LogP contribution in [0, 0.1) is 5.82 Å². The molecule has 0 saturated heterocycles.